The number of nitrogen functional groups attached to an aromatic ring is 1. The number of halogens is 1. The van der Waals surface area contributed by atoms with Crippen LogP contribution in [0.15, 0.2) is 53.0 Å². The third kappa shape index (κ3) is 4.82. The Morgan fingerprint density at radius 3 is 2.48 bits per heavy atom. The number of carbonyl (C=O) groups is 2. The number of esters is 1. The second-order valence-corrected chi connectivity index (χ2v) is 5.86. The average Bonchev–Trinajstić information content (AvgIpc) is 2.53. The molecule has 0 bridgehead atoms. The first-order chi connectivity index (χ1) is 11.0. The molecule has 120 valence electrons. The summed E-state index contributed by atoms with van der Waals surface area (Å²) in [4.78, 5) is 23.7. The molecule has 5 nitrogen and oxygen atoms in total. The molecule has 0 unspecified atom stereocenters. The van der Waals surface area contributed by atoms with Gasteiger partial charge in [-0.2, -0.15) is 0 Å². The van der Waals surface area contributed by atoms with E-state index in [0.717, 1.165) is 10.0 Å². The van der Waals surface area contributed by atoms with Crippen molar-refractivity contribution in [2.24, 2.45) is 0 Å². The SMILES string of the molecule is C[C@@H](NC(=O)COC(=O)c1ccc(N)cc1)c1ccccc1Br. The fourth-order valence-electron chi connectivity index (χ4n) is 2.02. The van der Waals surface area contributed by atoms with Gasteiger partial charge in [0.15, 0.2) is 6.61 Å². The Labute approximate surface area is 143 Å². The molecule has 0 aliphatic heterocycles. The van der Waals surface area contributed by atoms with E-state index in [4.69, 9.17) is 10.5 Å². The molecule has 1 amide bonds. The average molecular weight is 377 g/mol. The summed E-state index contributed by atoms with van der Waals surface area (Å²) < 4.78 is 5.90. The fourth-order valence-corrected chi connectivity index (χ4v) is 2.65. The van der Waals surface area contributed by atoms with Crippen LogP contribution in [0.4, 0.5) is 5.69 Å². The van der Waals surface area contributed by atoms with E-state index >= 15 is 0 Å². The maximum Gasteiger partial charge on any atom is 0.338 e. The zero-order valence-corrected chi connectivity index (χ0v) is 14.2. The lowest BCUT2D eigenvalue weighted by Gasteiger charge is -2.15. The van der Waals surface area contributed by atoms with E-state index in [1.807, 2.05) is 31.2 Å². The maximum atomic E-state index is 11.9. The molecule has 0 spiro atoms. The summed E-state index contributed by atoms with van der Waals surface area (Å²) in [5.74, 6) is -0.925. The van der Waals surface area contributed by atoms with Crippen LogP contribution in [0.2, 0.25) is 0 Å². The summed E-state index contributed by atoms with van der Waals surface area (Å²) in [7, 11) is 0. The summed E-state index contributed by atoms with van der Waals surface area (Å²) in [5.41, 5.74) is 7.41. The highest BCUT2D eigenvalue weighted by molar-refractivity contribution is 9.10. The number of benzene rings is 2. The molecular weight excluding hydrogens is 360 g/mol. The molecule has 0 heterocycles. The Morgan fingerprint density at radius 2 is 1.83 bits per heavy atom. The van der Waals surface area contributed by atoms with E-state index in [9.17, 15) is 9.59 Å². The normalized spacial score (nSPS) is 11.6. The highest BCUT2D eigenvalue weighted by atomic mass is 79.9. The first kappa shape index (κ1) is 17.0. The molecule has 3 N–H and O–H groups in total. The van der Waals surface area contributed by atoms with Crippen molar-refractivity contribution in [2.75, 3.05) is 12.3 Å². The summed E-state index contributed by atoms with van der Waals surface area (Å²) in [6.45, 7) is 1.53. The lowest BCUT2D eigenvalue weighted by molar-refractivity contribution is -0.124. The Morgan fingerprint density at radius 1 is 1.17 bits per heavy atom. The van der Waals surface area contributed by atoms with Gasteiger partial charge in [0.1, 0.15) is 0 Å². The van der Waals surface area contributed by atoms with Crippen LogP contribution >= 0.6 is 15.9 Å². The topological polar surface area (TPSA) is 81.4 Å². The number of ether oxygens (including phenoxy) is 1. The Kier molecular flexibility index (Phi) is 5.76. The monoisotopic (exact) mass is 376 g/mol. The van der Waals surface area contributed by atoms with Gasteiger partial charge in [-0.25, -0.2) is 4.79 Å². The predicted octanol–water partition coefficient (Wildman–Crippen LogP) is 3.07. The third-order valence-corrected chi connectivity index (χ3v) is 3.95. The first-order valence-corrected chi connectivity index (χ1v) is 7.83. The lowest BCUT2D eigenvalue weighted by atomic mass is 10.1. The van der Waals surface area contributed by atoms with E-state index in [2.05, 4.69) is 21.2 Å². The highest BCUT2D eigenvalue weighted by Crippen LogP contribution is 2.22. The van der Waals surface area contributed by atoms with Crippen LogP contribution in [0.25, 0.3) is 0 Å². The zero-order chi connectivity index (χ0) is 16.8. The summed E-state index contributed by atoms with van der Waals surface area (Å²) in [5, 5.41) is 2.79. The van der Waals surface area contributed by atoms with Gasteiger partial charge in [0, 0.05) is 10.2 Å². The van der Waals surface area contributed by atoms with Crippen LogP contribution in [0, 0.1) is 0 Å². The number of nitrogens with one attached hydrogen (secondary N) is 1. The molecule has 0 saturated carbocycles. The summed E-state index contributed by atoms with van der Waals surface area (Å²) in [6, 6.07) is 13.7. The fraction of sp³-hybridized carbons (Fsp3) is 0.176. The number of carbonyl (C=O) groups excluding carboxylic acids is 2. The molecule has 0 saturated heterocycles. The van der Waals surface area contributed by atoms with Crippen molar-refractivity contribution in [2.45, 2.75) is 13.0 Å². The smallest absolute Gasteiger partial charge is 0.338 e. The molecule has 1 atom stereocenters. The Hall–Kier alpha value is -2.34. The van der Waals surface area contributed by atoms with Crippen molar-refractivity contribution in [3.63, 3.8) is 0 Å². The molecule has 2 rings (SSSR count). The molecule has 0 aromatic heterocycles. The minimum absolute atomic E-state index is 0.201. The van der Waals surface area contributed by atoms with Gasteiger partial charge in [-0.15, -0.1) is 0 Å². The van der Waals surface area contributed by atoms with E-state index < -0.39 is 5.97 Å². The van der Waals surface area contributed by atoms with Crippen molar-refractivity contribution in [1.82, 2.24) is 5.32 Å². The molecule has 0 aliphatic rings. The van der Waals surface area contributed by atoms with Crippen LogP contribution in [0.3, 0.4) is 0 Å². The van der Waals surface area contributed by atoms with Crippen LogP contribution in [0.5, 0.6) is 0 Å². The second-order valence-electron chi connectivity index (χ2n) is 5.01. The number of rotatable bonds is 5. The van der Waals surface area contributed by atoms with E-state index in [1.54, 1.807) is 24.3 Å². The highest BCUT2D eigenvalue weighted by Gasteiger charge is 2.14. The Bertz CT molecular complexity index is 701. The van der Waals surface area contributed by atoms with Crippen molar-refractivity contribution in [1.29, 1.82) is 0 Å². The molecule has 23 heavy (non-hydrogen) atoms. The van der Waals surface area contributed by atoms with E-state index in [1.165, 1.54) is 0 Å². The number of anilines is 1. The molecule has 6 heteroatoms. The predicted molar refractivity (Wildman–Crippen MR) is 91.8 cm³/mol. The van der Waals surface area contributed by atoms with Gasteiger partial charge in [-0.1, -0.05) is 34.1 Å². The molecule has 2 aromatic rings. The molecule has 2 aromatic carbocycles. The number of amides is 1. The summed E-state index contributed by atoms with van der Waals surface area (Å²) >= 11 is 3.44. The molecule has 0 fully saturated rings. The zero-order valence-electron chi connectivity index (χ0n) is 12.6. The largest absolute Gasteiger partial charge is 0.452 e. The summed E-state index contributed by atoms with van der Waals surface area (Å²) in [6.07, 6.45) is 0. The van der Waals surface area contributed by atoms with Gasteiger partial charge in [0.2, 0.25) is 0 Å². The van der Waals surface area contributed by atoms with E-state index in [-0.39, 0.29) is 18.6 Å². The molecule has 0 aliphatic carbocycles. The van der Waals surface area contributed by atoms with Gasteiger partial charge < -0.3 is 15.8 Å². The van der Waals surface area contributed by atoms with Gasteiger partial charge in [-0.05, 0) is 42.8 Å². The van der Waals surface area contributed by atoms with E-state index in [0.29, 0.717) is 11.3 Å². The standard InChI is InChI=1S/C17H17BrN2O3/c1-11(14-4-2-3-5-15(14)18)20-16(21)10-23-17(22)12-6-8-13(19)9-7-12/h2-9,11H,10,19H2,1H3,(H,20,21)/t11-/m1/s1. The van der Waals surface area contributed by atoms with Gasteiger partial charge in [0.05, 0.1) is 11.6 Å². The van der Waals surface area contributed by atoms with Gasteiger partial charge >= 0.3 is 5.97 Å². The van der Waals surface area contributed by atoms with Crippen molar-refractivity contribution >= 4 is 33.5 Å². The maximum absolute atomic E-state index is 11.9. The minimum atomic E-state index is -0.561. The van der Waals surface area contributed by atoms with Crippen molar-refractivity contribution in [3.8, 4) is 0 Å². The number of hydrogen-bond donors (Lipinski definition) is 2. The molecule has 0 radical (unpaired) electrons. The van der Waals surface area contributed by atoms with Crippen LogP contribution in [-0.2, 0) is 9.53 Å². The van der Waals surface area contributed by atoms with Gasteiger partial charge in [-0.3, -0.25) is 4.79 Å². The molecular formula is C17H17BrN2O3. The van der Waals surface area contributed by atoms with Crippen LogP contribution in [-0.4, -0.2) is 18.5 Å². The third-order valence-electron chi connectivity index (χ3n) is 3.23. The number of nitrogens with two attached hydrogens (primary N) is 1. The van der Waals surface area contributed by atoms with Gasteiger partial charge in [0.25, 0.3) is 5.91 Å². The minimum Gasteiger partial charge on any atom is -0.452 e. The first-order valence-electron chi connectivity index (χ1n) is 7.04. The number of hydrogen-bond acceptors (Lipinski definition) is 4. The lowest BCUT2D eigenvalue weighted by Crippen LogP contribution is -2.31. The second kappa shape index (κ2) is 7.78. The quantitative estimate of drug-likeness (QED) is 0.620. The van der Waals surface area contributed by atoms with Crippen molar-refractivity contribution < 1.29 is 14.3 Å². The van der Waals surface area contributed by atoms with Crippen LogP contribution in [0.1, 0.15) is 28.9 Å². The van der Waals surface area contributed by atoms with Crippen molar-refractivity contribution in [3.05, 3.63) is 64.1 Å². The van der Waals surface area contributed by atoms with Crippen LogP contribution < -0.4 is 11.1 Å². The Balaban J connectivity index is 1.86.